The summed E-state index contributed by atoms with van der Waals surface area (Å²) in [6.45, 7) is 0.564. The monoisotopic (exact) mass is 249 g/mol. The Morgan fingerprint density at radius 2 is 2.06 bits per heavy atom. The van der Waals surface area contributed by atoms with E-state index in [2.05, 4.69) is 0 Å². The number of rotatable bonds is 5. The van der Waals surface area contributed by atoms with Crippen molar-refractivity contribution < 1.29 is 14.3 Å². The smallest absolute Gasteiger partial charge is 0.164 e. The minimum Gasteiger partial charge on any atom is -0.493 e. The highest BCUT2D eigenvalue weighted by atomic mass is 16.5. The molecule has 98 valence electrons. The van der Waals surface area contributed by atoms with Crippen molar-refractivity contribution in [3.05, 3.63) is 23.3 Å². The van der Waals surface area contributed by atoms with Crippen molar-refractivity contribution >= 4 is 6.29 Å². The molecule has 0 unspecified atom stereocenters. The van der Waals surface area contributed by atoms with Crippen molar-refractivity contribution in [3.8, 4) is 11.5 Å². The first-order valence-electron chi connectivity index (χ1n) is 6.12. The van der Waals surface area contributed by atoms with Crippen LogP contribution >= 0.6 is 0 Å². The molecule has 0 amide bonds. The van der Waals surface area contributed by atoms with Crippen LogP contribution in [0.3, 0.4) is 0 Å². The average Bonchev–Trinajstić information content (AvgIpc) is 2.37. The Bertz CT molecular complexity index is 447. The molecule has 4 nitrogen and oxygen atoms in total. The van der Waals surface area contributed by atoms with Gasteiger partial charge in [0, 0.05) is 23.1 Å². The van der Waals surface area contributed by atoms with Crippen LogP contribution in [0, 0.1) is 0 Å². The molecule has 1 fully saturated rings. The molecule has 0 saturated heterocycles. The Hall–Kier alpha value is -1.55. The van der Waals surface area contributed by atoms with Crippen LogP contribution in [-0.4, -0.2) is 27.1 Å². The molecule has 1 aliphatic carbocycles. The number of nitrogens with two attached hydrogens (primary N) is 1. The molecule has 0 spiro atoms. The summed E-state index contributed by atoms with van der Waals surface area (Å²) in [7, 11) is 3.19. The summed E-state index contributed by atoms with van der Waals surface area (Å²) >= 11 is 0. The second-order valence-corrected chi connectivity index (χ2v) is 4.76. The van der Waals surface area contributed by atoms with Crippen molar-refractivity contribution in [3.63, 3.8) is 0 Å². The lowest BCUT2D eigenvalue weighted by atomic mass is 9.64. The largest absolute Gasteiger partial charge is 0.493 e. The summed E-state index contributed by atoms with van der Waals surface area (Å²) in [4.78, 5) is 11.0. The van der Waals surface area contributed by atoms with Gasteiger partial charge in [0.2, 0.25) is 0 Å². The fourth-order valence-electron chi connectivity index (χ4n) is 2.63. The van der Waals surface area contributed by atoms with E-state index < -0.39 is 0 Å². The number of hydrogen-bond donors (Lipinski definition) is 1. The summed E-state index contributed by atoms with van der Waals surface area (Å²) in [6.07, 6.45) is 4.05. The van der Waals surface area contributed by atoms with Crippen molar-refractivity contribution in [1.29, 1.82) is 0 Å². The van der Waals surface area contributed by atoms with Gasteiger partial charge in [-0.15, -0.1) is 0 Å². The van der Waals surface area contributed by atoms with Crippen LogP contribution in [0.25, 0.3) is 0 Å². The molecule has 4 heteroatoms. The number of hydrogen-bond acceptors (Lipinski definition) is 4. The minimum absolute atomic E-state index is 0.0579. The number of methoxy groups -OCH3 is 2. The zero-order valence-corrected chi connectivity index (χ0v) is 10.9. The Kier molecular flexibility index (Phi) is 3.57. The third kappa shape index (κ3) is 1.86. The molecule has 0 heterocycles. The molecule has 0 atom stereocenters. The van der Waals surface area contributed by atoms with Gasteiger partial charge in [0.15, 0.2) is 11.5 Å². The summed E-state index contributed by atoms with van der Waals surface area (Å²) in [5.41, 5.74) is 7.46. The van der Waals surface area contributed by atoms with Crippen molar-refractivity contribution in [1.82, 2.24) is 0 Å². The van der Waals surface area contributed by atoms with E-state index in [0.717, 1.165) is 31.1 Å². The highest BCUT2D eigenvalue weighted by molar-refractivity contribution is 5.78. The Morgan fingerprint density at radius 1 is 1.33 bits per heavy atom. The van der Waals surface area contributed by atoms with E-state index in [-0.39, 0.29) is 5.41 Å². The fraction of sp³-hybridized carbons (Fsp3) is 0.500. The molecule has 0 aromatic heterocycles. The van der Waals surface area contributed by atoms with Gasteiger partial charge >= 0.3 is 0 Å². The predicted molar refractivity (Wildman–Crippen MR) is 69.5 cm³/mol. The molecule has 1 aromatic carbocycles. The Balaban J connectivity index is 2.59. The van der Waals surface area contributed by atoms with Gasteiger partial charge in [-0.3, -0.25) is 4.79 Å². The molecular weight excluding hydrogens is 230 g/mol. The van der Waals surface area contributed by atoms with E-state index >= 15 is 0 Å². The van der Waals surface area contributed by atoms with Gasteiger partial charge < -0.3 is 15.2 Å². The predicted octanol–water partition coefficient (Wildman–Crippen LogP) is 1.90. The maximum Gasteiger partial charge on any atom is 0.164 e. The van der Waals surface area contributed by atoms with Crippen molar-refractivity contribution in [2.45, 2.75) is 24.7 Å². The molecule has 2 N–H and O–H groups in total. The molecular formula is C14H19NO3. The molecule has 1 aliphatic rings. The van der Waals surface area contributed by atoms with Crippen LogP contribution in [0.5, 0.6) is 11.5 Å². The summed E-state index contributed by atoms with van der Waals surface area (Å²) in [6, 6.07) is 3.57. The number of aldehydes is 1. The third-order valence-electron chi connectivity index (χ3n) is 3.91. The third-order valence-corrected chi connectivity index (χ3v) is 3.91. The minimum atomic E-state index is -0.0579. The van der Waals surface area contributed by atoms with Crippen molar-refractivity contribution in [2.75, 3.05) is 20.8 Å². The van der Waals surface area contributed by atoms with E-state index in [0.29, 0.717) is 23.6 Å². The van der Waals surface area contributed by atoms with Gasteiger partial charge in [0.25, 0.3) is 0 Å². The zero-order valence-electron chi connectivity index (χ0n) is 10.9. The highest BCUT2D eigenvalue weighted by Gasteiger charge is 2.40. The first-order valence-corrected chi connectivity index (χ1v) is 6.12. The quantitative estimate of drug-likeness (QED) is 0.810. The van der Waals surface area contributed by atoms with Gasteiger partial charge in [-0.05, 0) is 25.0 Å². The topological polar surface area (TPSA) is 61.5 Å². The van der Waals surface area contributed by atoms with E-state index in [4.69, 9.17) is 15.2 Å². The first kappa shape index (κ1) is 12.9. The molecule has 2 rings (SSSR count). The van der Waals surface area contributed by atoms with E-state index in [1.54, 1.807) is 20.3 Å². The summed E-state index contributed by atoms with van der Waals surface area (Å²) < 4.78 is 10.8. The zero-order chi connectivity index (χ0) is 13.2. The van der Waals surface area contributed by atoms with Gasteiger partial charge in [-0.1, -0.05) is 6.42 Å². The lowest BCUT2D eigenvalue weighted by Crippen LogP contribution is -2.41. The number of carbonyl (C=O) groups is 1. The number of benzene rings is 1. The van der Waals surface area contributed by atoms with Crippen LogP contribution in [0.15, 0.2) is 12.1 Å². The normalized spacial score (nSPS) is 16.8. The number of carbonyl (C=O) groups excluding carboxylic acids is 1. The SMILES string of the molecule is COc1cc(C=O)cc(C2(CN)CCC2)c1OC. The second kappa shape index (κ2) is 4.98. The highest BCUT2D eigenvalue weighted by Crippen LogP contribution is 2.49. The fourth-order valence-corrected chi connectivity index (χ4v) is 2.63. The van der Waals surface area contributed by atoms with Crippen LogP contribution in [0.2, 0.25) is 0 Å². The maximum absolute atomic E-state index is 11.0. The van der Waals surface area contributed by atoms with Crippen LogP contribution < -0.4 is 15.2 Å². The molecule has 0 aliphatic heterocycles. The van der Waals surface area contributed by atoms with Crippen LogP contribution in [-0.2, 0) is 5.41 Å². The first-order chi connectivity index (χ1) is 8.70. The molecule has 0 bridgehead atoms. The average molecular weight is 249 g/mol. The molecule has 1 aromatic rings. The van der Waals surface area contributed by atoms with Gasteiger partial charge in [0.1, 0.15) is 6.29 Å². The van der Waals surface area contributed by atoms with E-state index in [1.165, 1.54) is 0 Å². The Morgan fingerprint density at radius 3 is 2.44 bits per heavy atom. The number of ether oxygens (including phenoxy) is 2. The summed E-state index contributed by atoms with van der Waals surface area (Å²) in [5.74, 6) is 1.30. The van der Waals surface area contributed by atoms with Crippen LogP contribution in [0.1, 0.15) is 35.2 Å². The van der Waals surface area contributed by atoms with Gasteiger partial charge in [-0.25, -0.2) is 0 Å². The van der Waals surface area contributed by atoms with E-state index in [1.807, 2.05) is 6.07 Å². The Labute approximate surface area is 107 Å². The maximum atomic E-state index is 11.0. The molecule has 18 heavy (non-hydrogen) atoms. The molecule has 0 radical (unpaired) electrons. The second-order valence-electron chi connectivity index (χ2n) is 4.76. The summed E-state index contributed by atoms with van der Waals surface area (Å²) in [5, 5.41) is 0. The van der Waals surface area contributed by atoms with Crippen molar-refractivity contribution in [2.24, 2.45) is 5.73 Å². The lowest BCUT2D eigenvalue weighted by Gasteiger charge is -2.42. The van der Waals surface area contributed by atoms with Crippen LogP contribution in [0.4, 0.5) is 0 Å². The van der Waals surface area contributed by atoms with Gasteiger partial charge in [0.05, 0.1) is 14.2 Å². The van der Waals surface area contributed by atoms with E-state index in [9.17, 15) is 4.79 Å². The van der Waals surface area contributed by atoms with Gasteiger partial charge in [-0.2, -0.15) is 0 Å². The lowest BCUT2D eigenvalue weighted by molar-refractivity contribution is 0.112. The molecule has 1 saturated carbocycles. The standard InChI is InChI=1S/C14H19NO3/c1-17-12-7-10(8-16)6-11(13(12)18-2)14(9-15)4-3-5-14/h6-8H,3-5,9,15H2,1-2H3.